The molecule has 0 aromatic rings. The van der Waals surface area contributed by atoms with E-state index in [0.717, 1.165) is 32.4 Å². The molecule has 2 fully saturated rings. The topological polar surface area (TPSA) is 49.6 Å². The Labute approximate surface area is 117 Å². The van der Waals surface area contributed by atoms with Crippen molar-refractivity contribution in [2.24, 2.45) is 11.1 Å². The van der Waals surface area contributed by atoms with E-state index in [-0.39, 0.29) is 5.41 Å². The van der Waals surface area contributed by atoms with Crippen LogP contribution in [0, 0.1) is 5.41 Å². The average molecular weight is 267 g/mol. The van der Waals surface area contributed by atoms with Gasteiger partial charge in [-0.1, -0.05) is 6.92 Å². The Hall–Kier alpha value is -0.610. The quantitative estimate of drug-likeness (QED) is 0.842. The molecule has 0 spiro atoms. The maximum absolute atomic E-state index is 12.5. The third kappa shape index (κ3) is 3.29. The zero-order chi connectivity index (χ0) is 14.0. The zero-order valence-corrected chi connectivity index (χ0v) is 12.7. The monoisotopic (exact) mass is 267 g/mol. The number of piperidine rings is 1. The van der Waals surface area contributed by atoms with Crippen molar-refractivity contribution in [1.29, 1.82) is 0 Å². The summed E-state index contributed by atoms with van der Waals surface area (Å²) in [6, 6.07) is 0.805. The first-order valence-electron chi connectivity index (χ1n) is 7.69. The van der Waals surface area contributed by atoms with Gasteiger partial charge >= 0.3 is 0 Å². The lowest BCUT2D eigenvalue weighted by Gasteiger charge is -2.40. The number of nitrogens with zero attached hydrogens (tertiary/aromatic N) is 2. The average Bonchev–Trinajstić information content (AvgIpc) is 2.71. The number of hydrogen-bond donors (Lipinski definition) is 1. The summed E-state index contributed by atoms with van der Waals surface area (Å²) >= 11 is 0. The molecule has 1 amide bonds. The van der Waals surface area contributed by atoms with Gasteiger partial charge in [0.2, 0.25) is 5.91 Å². The van der Waals surface area contributed by atoms with Crippen molar-refractivity contribution in [3.05, 3.63) is 0 Å². The normalized spacial score (nSPS) is 36.7. The minimum Gasteiger partial charge on any atom is -0.336 e. The molecule has 0 aromatic carbocycles. The van der Waals surface area contributed by atoms with Crippen LogP contribution in [0.4, 0.5) is 0 Å². The lowest BCUT2D eigenvalue weighted by molar-refractivity contribution is -0.138. The number of rotatable bonds is 3. The van der Waals surface area contributed by atoms with Gasteiger partial charge in [-0.15, -0.1) is 0 Å². The van der Waals surface area contributed by atoms with Crippen molar-refractivity contribution in [1.82, 2.24) is 9.80 Å². The summed E-state index contributed by atoms with van der Waals surface area (Å²) in [5, 5.41) is 0. The summed E-state index contributed by atoms with van der Waals surface area (Å²) in [5.41, 5.74) is 6.03. The van der Waals surface area contributed by atoms with Gasteiger partial charge in [-0.2, -0.15) is 0 Å². The van der Waals surface area contributed by atoms with Crippen molar-refractivity contribution in [3.8, 4) is 0 Å². The maximum atomic E-state index is 12.5. The van der Waals surface area contributed by atoms with E-state index in [4.69, 9.17) is 5.73 Å². The number of nitrogens with two attached hydrogens (primary N) is 1. The van der Waals surface area contributed by atoms with Crippen LogP contribution in [0.1, 0.15) is 46.5 Å². The number of likely N-dealkylation sites (tertiary alicyclic amines) is 2. The molecular formula is C15H29N3O. The molecule has 2 aliphatic heterocycles. The molecule has 2 aliphatic rings. The minimum absolute atomic E-state index is 0.208. The molecule has 0 aromatic heterocycles. The predicted molar refractivity (Wildman–Crippen MR) is 77.8 cm³/mol. The summed E-state index contributed by atoms with van der Waals surface area (Å²) < 4.78 is 0. The van der Waals surface area contributed by atoms with Crippen molar-refractivity contribution in [2.75, 3.05) is 26.2 Å². The lowest BCUT2D eigenvalue weighted by Crippen LogP contribution is -2.51. The van der Waals surface area contributed by atoms with E-state index in [1.807, 2.05) is 0 Å². The minimum atomic E-state index is 0.208. The van der Waals surface area contributed by atoms with Crippen molar-refractivity contribution < 1.29 is 4.79 Å². The van der Waals surface area contributed by atoms with Crippen molar-refractivity contribution >= 4 is 5.91 Å². The molecule has 4 nitrogen and oxygen atoms in total. The fraction of sp³-hybridized carbons (Fsp3) is 0.933. The summed E-state index contributed by atoms with van der Waals surface area (Å²) in [5.74, 6) is 0.306. The van der Waals surface area contributed by atoms with Gasteiger partial charge in [-0.3, -0.25) is 9.69 Å². The van der Waals surface area contributed by atoms with Crippen LogP contribution < -0.4 is 5.73 Å². The first kappa shape index (κ1) is 14.8. The Morgan fingerprint density at radius 3 is 2.47 bits per heavy atom. The highest BCUT2D eigenvalue weighted by Crippen LogP contribution is 2.29. The summed E-state index contributed by atoms with van der Waals surface area (Å²) in [4.78, 5) is 16.9. The molecule has 0 aliphatic carbocycles. The Morgan fingerprint density at radius 1 is 1.32 bits per heavy atom. The van der Waals surface area contributed by atoms with E-state index in [9.17, 15) is 4.79 Å². The number of hydrogen-bond acceptors (Lipinski definition) is 3. The van der Waals surface area contributed by atoms with Crippen molar-refractivity contribution in [3.63, 3.8) is 0 Å². The molecule has 19 heavy (non-hydrogen) atoms. The van der Waals surface area contributed by atoms with E-state index >= 15 is 0 Å². The van der Waals surface area contributed by atoms with Gasteiger partial charge in [0.25, 0.3) is 0 Å². The van der Waals surface area contributed by atoms with Crippen LogP contribution >= 0.6 is 0 Å². The van der Waals surface area contributed by atoms with Crippen LogP contribution in [0.2, 0.25) is 0 Å². The van der Waals surface area contributed by atoms with Crippen LogP contribution in [-0.4, -0.2) is 54.0 Å². The van der Waals surface area contributed by atoms with E-state index in [1.165, 1.54) is 6.42 Å². The second-order valence-electron chi connectivity index (χ2n) is 6.91. The smallest absolute Gasteiger partial charge is 0.237 e. The Kier molecular flexibility index (Phi) is 4.51. The van der Waals surface area contributed by atoms with Gasteiger partial charge in [-0.25, -0.2) is 0 Å². The SMILES string of the molecule is CC1CCCC(C)N1C(=O)CN1CCC(C)(CN)C1. The van der Waals surface area contributed by atoms with Crippen LogP contribution in [0.5, 0.6) is 0 Å². The van der Waals surface area contributed by atoms with E-state index in [2.05, 4.69) is 30.6 Å². The molecule has 2 rings (SSSR count). The van der Waals surface area contributed by atoms with Gasteiger partial charge in [0.05, 0.1) is 6.54 Å². The fourth-order valence-corrected chi connectivity index (χ4v) is 3.61. The summed E-state index contributed by atoms with van der Waals surface area (Å²) in [7, 11) is 0. The van der Waals surface area contributed by atoms with Crippen molar-refractivity contribution in [2.45, 2.75) is 58.5 Å². The summed E-state index contributed by atoms with van der Waals surface area (Å²) in [6.45, 7) is 9.85. The molecule has 4 heteroatoms. The highest BCUT2D eigenvalue weighted by molar-refractivity contribution is 5.79. The number of carbonyl (C=O) groups excluding carboxylic acids is 1. The predicted octanol–water partition coefficient (Wildman–Crippen LogP) is 1.45. The number of amides is 1. The first-order chi connectivity index (χ1) is 8.95. The van der Waals surface area contributed by atoms with Gasteiger partial charge in [0, 0.05) is 18.6 Å². The Morgan fingerprint density at radius 2 is 1.95 bits per heavy atom. The van der Waals surface area contributed by atoms with E-state index in [1.54, 1.807) is 0 Å². The molecule has 110 valence electrons. The van der Waals surface area contributed by atoms with Crippen LogP contribution in [0.25, 0.3) is 0 Å². The van der Waals surface area contributed by atoms with Crippen LogP contribution in [-0.2, 0) is 4.79 Å². The maximum Gasteiger partial charge on any atom is 0.237 e. The highest BCUT2D eigenvalue weighted by Gasteiger charge is 2.35. The zero-order valence-electron chi connectivity index (χ0n) is 12.7. The van der Waals surface area contributed by atoms with Crippen LogP contribution in [0.15, 0.2) is 0 Å². The Balaban J connectivity index is 1.91. The second-order valence-corrected chi connectivity index (χ2v) is 6.91. The molecule has 0 radical (unpaired) electrons. The lowest BCUT2D eigenvalue weighted by atomic mass is 9.90. The summed E-state index contributed by atoms with van der Waals surface area (Å²) in [6.07, 6.45) is 4.66. The molecular weight excluding hydrogens is 238 g/mol. The Bertz CT molecular complexity index is 323. The highest BCUT2D eigenvalue weighted by atomic mass is 16.2. The second kappa shape index (κ2) is 5.80. The molecule has 3 atom stereocenters. The molecule has 2 saturated heterocycles. The molecule has 0 bridgehead atoms. The fourth-order valence-electron chi connectivity index (χ4n) is 3.61. The molecule has 2 heterocycles. The third-order valence-corrected chi connectivity index (χ3v) is 4.97. The first-order valence-corrected chi connectivity index (χ1v) is 7.69. The standard InChI is InChI=1S/C15H29N3O/c1-12-5-4-6-13(2)18(12)14(19)9-17-8-7-15(3,10-16)11-17/h12-13H,4-11,16H2,1-3H3. The molecule has 3 unspecified atom stereocenters. The largest absolute Gasteiger partial charge is 0.336 e. The van der Waals surface area contributed by atoms with Gasteiger partial charge < -0.3 is 10.6 Å². The molecule has 2 N–H and O–H groups in total. The molecule has 0 saturated carbocycles. The van der Waals surface area contributed by atoms with Gasteiger partial charge in [0.15, 0.2) is 0 Å². The third-order valence-electron chi connectivity index (χ3n) is 4.97. The number of carbonyl (C=O) groups is 1. The van der Waals surface area contributed by atoms with E-state index < -0.39 is 0 Å². The van der Waals surface area contributed by atoms with Gasteiger partial charge in [-0.05, 0) is 58.0 Å². The van der Waals surface area contributed by atoms with Gasteiger partial charge in [0.1, 0.15) is 0 Å². The van der Waals surface area contributed by atoms with E-state index in [0.29, 0.717) is 31.1 Å². The van der Waals surface area contributed by atoms with Crippen LogP contribution in [0.3, 0.4) is 0 Å².